The Bertz CT molecular complexity index is 1370. The van der Waals surface area contributed by atoms with Crippen LogP contribution in [0.1, 0.15) is 5.82 Å². The van der Waals surface area contributed by atoms with E-state index in [9.17, 15) is 19.5 Å². The number of carboxylic acid groups (broad SMARTS) is 1. The third kappa shape index (κ3) is 5.88. The Morgan fingerprint density at radius 3 is 2.84 bits per heavy atom. The van der Waals surface area contributed by atoms with E-state index < -0.39 is 23.3 Å². The highest BCUT2D eigenvalue weighted by molar-refractivity contribution is 8.00. The maximum absolute atomic E-state index is 12.9. The predicted molar refractivity (Wildman–Crippen MR) is 149 cm³/mol. The quantitative estimate of drug-likeness (QED) is 0.195. The van der Waals surface area contributed by atoms with Gasteiger partial charge in [-0.3, -0.25) is 14.5 Å². The number of nitrogen functional groups attached to an aromatic ring is 1. The molecule has 2 amide bonds. The first kappa shape index (κ1) is 28.1. The van der Waals surface area contributed by atoms with Gasteiger partial charge in [0.15, 0.2) is 0 Å². The van der Waals surface area contributed by atoms with Crippen LogP contribution in [0.15, 0.2) is 52.6 Å². The van der Waals surface area contributed by atoms with Gasteiger partial charge in [0.05, 0.1) is 23.4 Å². The van der Waals surface area contributed by atoms with Crippen LogP contribution in [0.3, 0.4) is 0 Å². The molecule has 0 unspecified atom stereocenters. The van der Waals surface area contributed by atoms with Crippen molar-refractivity contribution >= 4 is 76.1 Å². The summed E-state index contributed by atoms with van der Waals surface area (Å²) in [5, 5.41) is 16.2. The number of aliphatic carboxylic acids is 1. The average Bonchev–Trinajstić information content (AvgIpc) is 2.88. The van der Waals surface area contributed by atoms with Crippen LogP contribution in [0.2, 0.25) is 10.0 Å². The third-order valence-corrected chi connectivity index (χ3v) is 8.92. The number of halogens is 2. The topological polar surface area (TPSA) is 142 Å². The van der Waals surface area contributed by atoms with E-state index in [2.05, 4.69) is 15.6 Å². The van der Waals surface area contributed by atoms with Gasteiger partial charge in [-0.05, 0) is 23.8 Å². The summed E-state index contributed by atoms with van der Waals surface area (Å²) in [5.41, 5.74) is 6.24. The van der Waals surface area contributed by atoms with Crippen LogP contribution >= 0.6 is 46.7 Å². The molecular weight excluding hydrogens is 571 g/mol. The molecule has 0 aliphatic carbocycles. The summed E-state index contributed by atoms with van der Waals surface area (Å²) in [7, 11) is 1.77. The van der Waals surface area contributed by atoms with Crippen LogP contribution < -0.4 is 20.9 Å². The predicted octanol–water partition coefficient (Wildman–Crippen LogP) is 2.70. The maximum Gasteiger partial charge on any atom is 0.352 e. The minimum atomic E-state index is -1.20. The molecule has 0 saturated carbocycles. The van der Waals surface area contributed by atoms with Crippen molar-refractivity contribution in [3.05, 3.63) is 63.6 Å². The monoisotopic (exact) mass is 595 g/mol. The van der Waals surface area contributed by atoms with E-state index in [0.29, 0.717) is 44.5 Å². The SMILES string of the molecule is CNc1cc(N)nc(C)[n+]1C/C=C/C1=C(C(=O)O)N2C(=O)[C@@H](NC(=O)CSc3cc(Cl)ccc3Cl)[C@H]2SC1. The molecule has 0 spiro atoms. The number of anilines is 2. The molecule has 2 aromatic rings. The fraction of sp³-hybridized carbons (Fsp3) is 0.292. The molecule has 0 radical (unpaired) electrons. The second-order valence-corrected chi connectivity index (χ2v) is 11.3. The zero-order chi connectivity index (χ0) is 27.6. The number of carbonyl (C=O) groups is 3. The first-order valence-corrected chi connectivity index (χ1v) is 14.2. The van der Waals surface area contributed by atoms with Crippen LogP contribution in [-0.2, 0) is 20.9 Å². The number of allylic oxidation sites excluding steroid dienone is 2. The number of fused-ring (bicyclic) bond motifs is 1. The van der Waals surface area contributed by atoms with Crippen molar-refractivity contribution < 1.29 is 24.1 Å². The number of rotatable bonds is 9. The summed E-state index contributed by atoms with van der Waals surface area (Å²) < 4.78 is 1.89. The minimum Gasteiger partial charge on any atom is -0.477 e. The Kier molecular flexibility index (Phi) is 8.76. The number of hydrogen-bond donors (Lipinski definition) is 4. The lowest BCUT2D eigenvalue weighted by Crippen LogP contribution is -2.70. The Morgan fingerprint density at radius 2 is 2.13 bits per heavy atom. The fourth-order valence-corrected chi connectivity index (χ4v) is 6.75. The molecule has 4 rings (SSSR count). The van der Waals surface area contributed by atoms with Gasteiger partial charge in [-0.2, -0.15) is 0 Å². The second-order valence-electron chi connectivity index (χ2n) is 8.37. The summed E-state index contributed by atoms with van der Waals surface area (Å²) in [5.74, 6) is 0.220. The van der Waals surface area contributed by atoms with Crippen LogP contribution in [0.5, 0.6) is 0 Å². The molecular formula is C24H25Cl2N6O4S2+. The summed E-state index contributed by atoms with van der Waals surface area (Å²) in [6.45, 7) is 2.24. The van der Waals surface area contributed by atoms with E-state index in [1.54, 1.807) is 37.4 Å². The zero-order valence-corrected chi connectivity index (χ0v) is 23.5. The van der Waals surface area contributed by atoms with Crippen molar-refractivity contribution in [2.75, 3.05) is 29.6 Å². The number of nitrogens with two attached hydrogens (primary N) is 1. The summed E-state index contributed by atoms with van der Waals surface area (Å²) in [4.78, 5) is 43.7. The summed E-state index contributed by atoms with van der Waals surface area (Å²) >= 11 is 14.7. The van der Waals surface area contributed by atoms with Gasteiger partial charge in [0.2, 0.25) is 23.4 Å². The molecule has 3 heterocycles. The number of nitrogens with one attached hydrogen (secondary N) is 2. The number of carbonyl (C=O) groups excluding carboxylic acids is 2. The van der Waals surface area contributed by atoms with Crippen LogP contribution in [0.4, 0.5) is 11.6 Å². The Morgan fingerprint density at radius 1 is 1.37 bits per heavy atom. The van der Waals surface area contributed by atoms with Crippen molar-refractivity contribution in [3.63, 3.8) is 0 Å². The number of aryl methyl sites for hydroxylation is 1. The second kappa shape index (κ2) is 11.9. The molecule has 1 fully saturated rings. The lowest BCUT2D eigenvalue weighted by molar-refractivity contribution is -0.682. The number of nitrogens with zero attached hydrogens (tertiary/aromatic N) is 3. The summed E-state index contributed by atoms with van der Waals surface area (Å²) in [6, 6.07) is 5.87. The number of amides is 2. The highest BCUT2D eigenvalue weighted by Crippen LogP contribution is 2.40. The van der Waals surface area contributed by atoms with Crippen LogP contribution in [0, 0.1) is 6.92 Å². The van der Waals surface area contributed by atoms with Gasteiger partial charge in [-0.25, -0.2) is 9.36 Å². The number of hydrogen-bond acceptors (Lipinski definition) is 8. The number of thioether (sulfide) groups is 2. The standard InChI is InChI=1S/C24H24Cl2N6O4S2/c1-12-29-17(27)9-18(28-2)31(12)7-3-4-13-10-38-23-20(22(34)32(23)21(13)24(35)36)30-19(33)11-37-16-8-14(25)5-6-15(16)26/h3-6,8-9,20,23H,7,10-11H2,1-2H3,(H4,27,28,30,33,35,36)/p+1/b4-3+/t20-,23-/m1/s1. The molecule has 0 bridgehead atoms. The fourth-order valence-electron chi connectivity index (χ4n) is 4.13. The molecule has 2 aliphatic heterocycles. The Labute approximate surface area is 237 Å². The van der Waals surface area contributed by atoms with Crippen molar-refractivity contribution in [2.24, 2.45) is 0 Å². The molecule has 14 heteroatoms. The molecule has 1 saturated heterocycles. The Hall–Kier alpha value is -2.93. The van der Waals surface area contributed by atoms with Crippen molar-refractivity contribution in [2.45, 2.75) is 29.8 Å². The van der Waals surface area contributed by atoms with Gasteiger partial charge in [0.1, 0.15) is 17.1 Å². The normalized spacial score (nSPS) is 18.8. The van der Waals surface area contributed by atoms with E-state index in [4.69, 9.17) is 28.9 Å². The van der Waals surface area contributed by atoms with E-state index in [1.807, 2.05) is 17.6 Å². The van der Waals surface area contributed by atoms with E-state index in [1.165, 1.54) is 28.4 Å². The highest BCUT2D eigenvalue weighted by Gasteiger charge is 2.53. The van der Waals surface area contributed by atoms with E-state index in [0.717, 1.165) is 5.82 Å². The summed E-state index contributed by atoms with van der Waals surface area (Å²) in [6.07, 6.45) is 3.52. The van der Waals surface area contributed by atoms with Gasteiger partial charge >= 0.3 is 5.97 Å². The van der Waals surface area contributed by atoms with Crippen molar-refractivity contribution in [1.29, 1.82) is 0 Å². The lowest BCUT2D eigenvalue weighted by atomic mass is 10.0. The third-order valence-electron chi connectivity index (χ3n) is 5.89. The highest BCUT2D eigenvalue weighted by atomic mass is 35.5. The molecule has 2 aliphatic rings. The smallest absolute Gasteiger partial charge is 0.352 e. The van der Waals surface area contributed by atoms with Crippen LogP contribution in [-0.4, -0.2) is 62.7 Å². The number of benzene rings is 1. The van der Waals surface area contributed by atoms with Crippen molar-refractivity contribution in [3.8, 4) is 0 Å². The molecule has 5 N–H and O–H groups in total. The molecule has 38 heavy (non-hydrogen) atoms. The Balaban J connectivity index is 1.43. The van der Waals surface area contributed by atoms with E-state index in [-0.39, 0.29) is 17.4 Å². The van der Waals surface area contributed by atoms with Gasteiger partial charge < -0.3 is 21.5 Å². The number of β-lactam (4-membered cyclic amide) rings is 1. The molecule has 1 aromatic carbocycles. The molecule has 2 atom stereocenters. The number of carboxylic acids is 1. The largest absolute Gasteiger partial charge is 0.477 e. The average molecular weight is 597 g/mol. The molecule has 200 valence electrons. The van der Waals surface area contributed by atoms with Gasteiger partial charge in [-0.1, -0.05) is 40.3 Å². The minimum absolute atomic E-state index is 0.0303. The zero-order valence-electron chi connectivity index (χ0n) is 20.4. The lowest BCUT2D eigenvalue weighted by Gasteiger charge is -2.49. The molecule has 1 aromatic heterocycles. The van der Waals surface area contributed by atoms with Gasteiger partial charge in [0, 0.05) is 29.6 Å². The van der Waals surface area contributed by atoms with Crippen LogP contribution in [0.25, 0.3) is 0 Å². The number of aromatic nitrogens is 2. The first-order valence-electron chi connectivity index (χ1n) is 11.4. The van der Waals surface area contributed by atoms with Gasteiger partial charge in [0.25, 0.3) is 5.91 Å². The first-order chi connectivity index (χ1) is 18.1. The maximum atomic E-state index is 12.9. The van der Waals surface area contributed by atoms with Crippen molar-refractivity contribution in [1.82, 2.24) is 15.2 Å². The van der Waals surface area contributed by atoms with E-state index >= 15 is 0 Å². The van der Waals surface area contributed by atoms with Gasteiger partial charge in [-0.15, -0.1) is 23.5 Å². The molecule has 10 nitrogen and oxygen atoms in total.